The Hall–Kier alpha value is -3.70. The van der Waals surface area contributed by atoms with Gasteiger partial charge in [0.2, 0.25) is 0 Å². The number of pyridine rings is 1. The number of fused-ring (bicyclic) bond motifs is 1. The molecule has 3 aromatic rings. The van der Waals surface area contributed by atoms with Gasteiger partial charge in [0.05, 0.1) is 19.2 Å². The Morgan fingerprint density at radius 1 is 1.43 bits per heavy atom. The molecule has 0 saturated heterocycles. The maximum Gasteiger partial charge on any atom is 0.317 e. The van der Waals surface area contributed by atoms with Crippen molar-refractivity contribution < 1.29 is 19.0 Å². The topological polar surface area (TPSA) is 102 Å². The van der Waals surface area contributed by atoms with Gasteiger partial charge in [-0.3, -0.25) is 9.69 Å². The number of carbonyl (C=O) groups is 1. The molecule has 4 rings (SSSR count). The Kier molecular flexibility index (Phi) is 5.21. The Bertz CT molecular complexity index is 1210. The Morgan fingerprint density at radius 3 is 2.93 bits per heavy atom. The Morgan fingerprint density at radius 2 is 2.27 bits per heavy atom. The maximum absolute atomic E-state index is 14.0. The molecule has 3 heterocycles. The number of benzene rings is 1. The van der Waals surface area contributed by atoms with Gasteiger partial charge in [-0.05, 0) is 36.3 Å². The molecule has 0 unspecified atom stereocenters. The number of methoxy groups -OCH3 is 1. The molecular weight excluding hydrogens is 387 g/mol. The van der Waals surface area contributed by atoms with E-state index in [1.54, 1.807) is 0 Å². The fourth-order valence-electron chi connectivity index (χ4n) is 3.79. The highest BCUT2D eigenvalue weighted by molar-refractivity contribution is 5.99. The van der Waals surface area contributed by atoms with Gasteiger partial charge >= 0.3 is 5.97 Å². The molecule has 0 atom stereocenters. The largest absolute Gasteiger partial charge is 0.496 e. The van der Waals surface area contributed by atoms with E-state index < -0.39 is 11.8 Å². The number of rotatable bonds is 5. The van der Waals surface area contributed by atoms with Crippen molar-refractivity contribution in [3.63, 3.8) is 0 Å². The third-order valence-electron chi connectivity index (χ3n) is 5.21. The highest BCUT2D eigenvalue weighted by atomic mass is 19.1. The SMILES string of the molecule is COc1ccc(F)cc1-c1c(C#N)cnc2[nH]c(C3=CCN(CC(=O)O)CC3)cc12. The van der Waals surface area contributed by atoms with E-state index in [1.165, 1.54) is 31.5 Å². The van der Waals surface area contributed by atoms with Crippen molar-refractivity contribution in [3.8, 4) is 22.9 Å². The molecule has 0 aliphatic carbocycles. The second kappa shape index (κ2) is 7.97. The van der Waals surface area contributed by atoms with Crippen molar-refractivity contribution in [3.05, 3.63) is 53.6 Å². The highest BCUT2D eigenvalue weighted by Crippen LogP contribution is 2.38. The van der Waals surface area contributed by atoms with Crippen molar-refractivity contribution in [1.29, 1.82) is 5.26 Å². The van der Waals surface area contributed by atoms with E-state index in [2.05, 4.69) is 16.0 Å². The summed E-state index contributed by atoms with van der Waals surface area (Å²) in [5, 5.41) is 19.3. The molecule has 0 amide bonds. The van der Waals surface area contributed by atoms with Crippen LogP contribution in [0, 0.1) is 17.1 Å². The van der Waals surface area contributed by atoms with Crippen LogP contribution in [0.2, 0.25) is 0 Å². The van der Waals surface area contributed by atoms with Crippen LogP contribution < -0.4 is 4.74 Å². The molecule has 30 heavy (non-hydrogen) atoms. The van der Waals surface area contributed by atoms with Gasteiger partial charge in [0, 0.05) is 41.5 Å². The lowest BCUT2D eigenvalue weighted by Gasteiger charge is -2.24. The molecule has 0 radical (unpaired) electrons. The van der Waals surface area contributed by atoms with E-state index in [0.29, 0.717) is 53.0 Å². The third-order valence-corrected chi connectivity index (χ3v) is 5.21. The van der Waals surface area contributed by atoms with E-state index in [4.69, 9.17) is 9.84 Å². The molecule has 2 aromatic heterocycles. The lowest BCUT2D eigenvalue weighted by molar-refractivity contribution is -0.138. The summed E-state index contributed by atoms with van der Waals surface area (Å²) in [6.45, 7) is 1.18. The lowest BCUT2D eigenvalue weighted by Crippen LogP contribution is -2.33. The van der Waals surface area contributed by atoms with Gasteiger partial charge in [0.1, 0.15) is 23.3 Å². The number of nitriles is 1. The van der Waals surface area contributed by atoms with Crippen molar-refractivity contribution in [2.75, 3.05) is 26.7 Å². The first-order chi connectivity index (χ1) is 14.5. The molecule has 0 fully saturated rings. The van der Waals surface area contributed by atoms with Crippen LogP contribution in [-0.4, -0.2) is 52.7 Å². The molecule has 1 aliphatic heterocycles. The van der Waals surface area contributed by atoms with Gasteiger partial charge in [-0.15, -0.1) is 0 Å². The zero-order valence-corrected chi connectivity index (χ0v) is 16.3. The van der Waals surface area contributed by atoms with E-state index in [1.807, 2.05) is 17.0 Å². The molecule has 1 aromatic carbocycles. The minimum Gasteiger partial charge on any atom is -0.496 e. The van der Waals surface area contributed by atoms with Crippen LogP contribution >= 0.6 is 0 Å². The molecule has 2 N–H and O–H groups in total. The number of aromatic amines is 1. The fraction of sp³-hybridized carbons (Fsp3) is 0.227. The average molecular weight is 406 g/mol. The number of hydrogen-bond acceptors (Lipinski definition) is 5. The summed E-state index contributed by atoms with van der Waals surface area (Å²) in [5.41, 5.74) is 3.84. The zero-order valence-electron chi connectivity index (χ0n) is 16.3. The number of hydrogen-bond donors (Lipinski definition) is 2. The normalized spacial score (nSPS) is 14.4. The molecular formula is C22H19FN4O3. The van der Waals surface area contributed by atoms with Crippen molar-refractivity contribution >= 4 is 22.6 Å². The van der Waals surface area contributed by atoms with Crippen LogP contribution in [0.4, 0.5) is 4.39 Å². The van der Waals surface area contributed by atoms with Gasteiger partial charge in [-0.2, -0.15) is 5.26 Å². The van der Waals surface area contributed by atoms with E-state index in [9.17, 15) is 14.4 Å². The van der Waals surface area contributed by atoms with Gasteiger partial charge in [0.15, 0.2) is 0 Å². The molecule has 8 heteroatoms. The summed E-state index contributed by atoms with van der Waals surface area (Å²) in [7, 11) is 1.50. The highest BCUT2D eigenvalue weighted by Gasteiger charge is 2.20. The van der Waals surface area contributed by atoms with Crippen LogP contribution in [0.5, 0.6) is 5.75 Å². The van der Waals surface area contributed by atoms with Crippen LogP contribution in [-0.2, 0) is 4.79 Å². The summed E-state index contributed by atoms with van der Waals surface area (Å²) in [6, 6.07) is 8.24. The summed E-state index contributed by atoms with van der Waals surface area (Å²) in [5.74, 6) is -0.812. The van der Waals surface area contributed by atoms with E-state index in [0.717, 1.165) is 11.3 Å². The van der Waals surface area contributed by atoms with Gasteiger partial charge in [-0.25, -0.2) is 9.37 Å². The minimum atomic E-state index is -0.848. The zero-order chi connectivity index (χ0) is 21.3. The maximum atomic E-state index is 14.0. The van der Waals surface area contributed by atoms with Crippen LogP contribution in [0.1, 0.15) is 17.7 Å². The fourth-order valence-corrected chi connectivity index (χ4v) is 3.79. The van der Waals surface area contributed by atoms with Crippen LogP contribution in [0.3, 0.4) is 0 Å². The van der Waals surface area contributed by atoms with Crippen molar-refractivity contribution in [1.82, 2.24) is 14.9 Å². The summed E-state index contributed by atoms with van der Waals surface area (Å²) < 4.78 is 19.4. The molecule has 1 aliphatic rings. The van der Waals surface area contributed by atoms with Gasteiger partial charge in [-0.1, -0.05) is 6.08 Å². The number of aliphatic carboxylic acids is 1. The first-order valence-corrected chi connectivity index (χ1v) is 9.39. The Labute approximate surface area is 172 Å². The molecule has 152 valence electrons. The first kappa shape index (κ1) is 19.6. The smallest absolute Gasteiger partial charge is 0.317 e. The summed E-state index contributed by atoms with van der Waals surface area (Å²) in [4.78, 5) is 20.4. The second-order valence-corrected chi connectivity index (χ2v) is 7.06. The van der Waals surface area contributed by atoms with E-state index >= 15 is 0 Å². The predicted octanol–water partition coefficient (Wildman–Crippen LogP) is 3.42. The number of halogens is 1. The number of ether oxygens (including phenoxy) is 1. The van der Waals surface area contributed by atoms with Crippen molar-refractivity contribution in [2.45, 2.75) is 6.42 Å². The first-order valence-electron chi connectivity index (χ1n) is 9.39. The quantitative estimate of drug-likeness (QED) is 0.673. The number of nitrogens with one attached hydrogen (secondary N) is 1. The second-order valence-electron chi connectivity index (χ2n) is 7.06. The molecule has 7 nitrogen and oxygen atoms in total. The molecule has 0 bridgehead atoms. The summed E-state index contributed by atoms with van der Waals surface area (Å²) >= 11 is 0. The molecule has 0 saturated carbocycles. The van der Waals surface area contributed by atoms with Crippen LogP contribution in [0.25, 0.3) is 27.7 Å². The average Bonchev–Trinajstić information content (AvgIpc) is 3.17. The van der Waals surface area contributed by atoms with Crippen LogP contribution in [0.15, 0.2) is 36.5 Å². The minimum absolute atomic E-state index is 0.00702. The summed E-state index contributed by atoms with van der Waals surface area (Å²) in [6.07, 6.45) is 4.14. The van der Waals surface area contributed by atoms with E-state index in [-0.39, 0.29) is 6.54 Å². The lowest BCUT2D eigenvalue weighted by atomic mass is 9.97. The van der Waals surface area contributed by atoms with Crippen molar-refractivity contribution in [2.24, 2.45) is 0 Å². The standard InChI is InChI=1S/C22H19FN4O3/c1-30-19-3-2-15(23)8-16(19)21-14(10-24)11-25-22-17(21)9-18(26-22)13-4-6-27(7-5-13)12-20(28)29/h2-4,8-9,11H,5-7,12H2,1H3,(H,25,26)(H,28,29). The third kappa shape index (κ3) is 3.63. The monoisotopic (exact) mass is 406 g/mol. The Balaban J connectivity index is 1.81. The van der Waals surface area contributed by atoms with Gasteiger partial charge < -0.3 is 14.8 Å². The number of carboxylic acid groups (broad SMARTS) is 1. The number of carboxylic acids is 1. The number of H-pyrrole nitrogens is 1. The predicted molar refractivity (Wildman–Crippen MR) is 109 cm³/mol. The molecule has 0 spiro atoms. The number of aromatic nitrogens is 2. The van der Waals surface area contributed by atoms with Gasteiger partial charge in [0.25, 0.3) is 0 Å². The number of nitrogens with zero attached hydrogens (tertiary/aromatic N) is 3.